The van der Waals surface area contributed by atoms with Gasteiger partial charge in [0.1, 0.15) is 0 Å². The van der Waals surface area contributed by atoms with Gasteiger partial charge in [-0.3, -0.25) is 5.10 Å². The number of hydrogen-bond donors (Lipinski definition) is 2. The summed E-state index contributed by atoms with van der Waals surface area (Å²) in [5.74, 6) is 0.138. The minimum absolute atomic E-state index is 0.0435. The lowest BCUT2D eigenvalue weighted by molar-refractivity contribution is 0.567. The van der Waals surface area contributed by atoms with Crippen LogP contribution in [0, 0.1) is 0 Å². The van der Waals surface area contributed by atoms with Crippen LogP contribution in [0.2, 0.25) is 0 Å². The van der Waals surface area contributed by atoms with Gasteiger partial charge in [-0.15, -0.1) is 0 Å². The molecule has 0 aliphatic rings. The molecule has 1 unspecified atom stereocenters. The van der Waals surface area contributed by atoms with Gasteiger partial charge in [0.15, 0.2) is 0 Å². The van der Waals surface area contributed by atoms with Crippen molar-refractivity contribution in [3.63, 3.8) is 0 Å². The molecule has 0 radical (unpaired) electrons. The third kappa shape index (κ3) is 3.07. The van der Waals surface area contributed by atoms with E-state index in [2.05, 4.69) is 59.0 Å². The summed E-state index contributed by atoms with van der Waals surface area (Å²) in [5, 5.41) is 7.55. The zero-order valence-corrected chi connectivity index (χ0v) is 13.2. The number of aromatic amines is 1. The monoisotopic (exact) mass is 321 g/mol. The molecule has 19 heavy (non-hydrogen) atoms. The van der Waals surface area contributed by atoms with Crippen molar-refractivity contribution in [2.24, 2.45) is 5.73 Å². The zero-order valence-electron chi connectivity index (χ0n) is 11.6. The first-order chi connectivity index (χ1) is 8.93. The average molecular weight is 322 g/mol. The molecule has 1 aromatic carbocycles. The van der Waals surface area contributed by atoms with Crippen LogP contribution in [0.25, 0.3) is 0 Å². The Morgan fingerprint density at radius 2 is 2.00 bits per heavy atom. The molecule has 0 saturated carbocycles. The van der Waals surface area contributed by atoms with E-state index < -0.39 is 0 Å². The van der Waals surface area contributed by atoms with E-state index >= 15 is 0 Å². The molecule has 0 aliphatic carbocycles. The van der Waals surface area contributed by atoms with Gasteiger partial charge >= 0.3 is 0 Å². The van der Waals surface area contributed by atoms with Gasteiger partial charge in [-0.05, 0) is 17.7 Å². The van der Waals surface area contributed by atoms with Crippen LogP contribution in [0.5, 0.6) is 0 Å². The predicted molar refractivity (Wildman–Crippen MR) is 82.3 cm³/mol. The Hall–Kier alpha value is -1.13. The van der Waals surface area contributed by atoms with Gasteiger partial charge in [0, 0.05) is 28.0 Å². The lowest BCUT2D eigenvalue weighted by atomic mass is 9.90. The first kappa shape index (κ1) is 14.3. The first-order valence-corrected chi connectivity index (χ1v) is 7.23. The maximum atomic E-state index is 5.96. The van der Waals surface area contributed by atoms with Crippen molar-refractivity contribution in [1.29, 1.82) is 0 Å². The zero-order chi connectivity index (χ0) is 14.0. The van der Waals surface area contributed by atoms with E-state index in [9.17, 15) is 0 Å². The number of aromatic nitrogens is 2. The molecule has 1 heterocycles. The molecule has 0 saturated heterocycles. The smallest absolute Gasteiger partial charge is 0.0678 e. The van der Waals surface area contributed by atoms with Gasteiger partial charge in [0.05, 0.1) is 5.69 Å². The van der Waals surface area contributed by atoms with Crippen molar-refractivity contribution >= 4 is 15.9 Å². The Balaban J connectivity index is 2.38. The largest absolute Gasteiger partial charge is 0.329 e. The second-order valence-electron chi connectivity index (χ2n) is 5.77. The number of nitrogens with two attached hydrogens (primary N) is 1. The fourth-order valence-corrected chi connectivity index (χ4v) is 2.64. The van der Waals surface area contributed by atoms with E-state index in [-0.39, 0.29) is 11.3 Å². The summed E-state index contributed by atoms with van der Waals surface area (Å²) in [6.45, 7) is 7.02. The lowest BCUT2D eigenvalue weighted by Crippen LogP contribution is -2.15. The molecule has 0 amide bonds. The van der Waals surface area contributed by atoms with Crippen LogP contribution in [0.4, 0.5) is 0 Å². The average Bonchev–Trinajstić information content (AvgIpc) is 2.82. The summed E-state index contributed by atoms with van der Waals surface area (Å²) in [5.41, 5.74) is 9.32. The molecule has 3 N–H and O–H groups in total. The van der Waals surface area contributed by atoms with Gasteiger partial charge < -0.3 is 5.73 Å². The predicted octanol–water partition coefficient (Wildman–Crippen LogP) is 3.56. The highest BCUT2D eigenvalue weighted by molar-refractivity contribution is 9.10. The third-order valence-electron chi connectivity index (χ3n) is 3.26. The van der Waals surface area contributed by atoms with Crippen molar-refractivity contribution in [2.75, 3.05) is 6.54 Å². The minimum atomic E-state index is 0.0435. The number of hydrogen-bond acceptors (Lipinski definition) is 2. The summed E-state index contributed by atoms with van der Waals surface area (Å²) in [4.78, 5) is 0. The standard InChI is InChI=1S/C15H20BrN3/c1-15(2,3)14-8-13(18-19-14)11(9-17)10-6-4-5-7-12(10)16/h4-8,11H,9,17H2,1-3H3,(H,18,19). The Kier molecular flexibility index (Phi) is 4.11. The highest BCUT2D eigenvalue weighted by Gasteiger charge is 2.22. The molecule has 2 aromatic rings. The third-order valence-corrected chi connectivity index (χ3v) is 3.98. The van der Waals surface area contributed by atoms with E-state index in [4.69, 9.17) is 5.73 Å². The van der Waals surface area contributed by atoms with Crippen molar-refractivity contribution < 1.29 is 0 Å². The molecule has 1 atom stereocenters. The molecule has 4 heteroatoms. The highest BCUT2D eigenvalue weighted by Crippen LogP contribution is 2.30. The first-order valence-electron chi connectivity index (χ1n) is 6.43. The van der Waals surface area contributed by atoms with Crippen LogP contribution in [0.1, 0.15) is 43.6 Å². The summed E-state index contributed by atoms with van der Waals surface area (Å²) in [7, 11) is 0. The molecule has 0 aliphatic heterocycles. The van der Waals surface area contributed by atoms with Gasteiger partial charge in [0.25, 0.3) is 0 Å². The van der Waals surface area contributed by atoms with Crippen LogP contribution in [-0.4, -0.2) is 16.7 Å². The molecule has 1 aromatic heterocycles. The topological polar surface area (TPSA) is 54.7 Å². The second-order valence-corrected chi connectivity index (χ2v) is 6.62. The molecule has 2 rings (SSSR count). The SMILES string of the molecule is CC(C)(C)c1cc(C(CN)c2ccccc2Br)[nH]n1. The number of nitrogens with zero attached hydrogens (tertiary/aromatic N) is 1. The normalized spacial score (nSPS) is 13.5. The summed E-state index contributed by atoms with van der Waals surface area (Å²) < 4.78 is 1.08. The maximum Gasteiger partial charge on any atom is 0.0678 e. The van der Waals surface area contributed by atoms with E-state index in [1.165, 1.54) is 5.56 Å². The minimum Gasteiger partial charge on any atom is -0.329 e. The van der Waals surface area contributed by atoms with E-state index in [0.29, 0.717) is 6.54 Å². The fourth-order valence-electron chi connectivity index (χ4n) is 2.08. The van der Waals surface area contributed by atoms with E-state index in [0.717, 1.165) is 15.9 Å². The number of nitrogens with one attached hydrogen (secondary N) is 1. The van der Waals surface area contributed by atoms with Gasteiger partial charge in [-0.25, -0.2) is 0 Å². The molecule has 0 spiro atoms. The van der Waals surface area contributed by atoms with Crippen molar-refractivity contribution in [1.82, 2.24) is 10.2 Å². The van der Waals surface area contributed by atoms with Crippen molar-refractivity contribution in [2.45, 2.75) is 32.1 Å². The highest BCUT2D eigenvalue weighted by atomic mass is 79.9. The Bertz CT molecular complexity index is 555. The van der Waals surface area contributed by atoms with Crippen LogP contribution in [0.3, 0.4) is 0 Å². The van der Waals surface area contributed by atoms with Gasteiger partial charge in [-0.1, -0.05) is 54.9 Å². The van der Waals surface area contributed by atoms with Crippen LogP contribution in [0.15, 0.2) is 34.8 Å². The fraction of sp³-hybridized carbons (Fsp3) is 0.400. The van der Waals surface area contributed by atoms with Gasteiger partial charge in [-0.2, -0.15) is 5.10 Å². The Labute approximate surface area is 122 Å². The van der Waals surface area contributed by atoms with Crippen molar-refractivity contribution in [3.8, 4) is 0 Å². The maximum absolute atomic E-state index is 5.96. The molecule has 0 bridgehead atoms. The summed E-state index contributed by atoms with van der Waals surface area (Å²) in [6.07, 6.45) is 0. The number of benzene rings is 1. The molecule has 102 valence electrons. The number of H-pyrrole nitrogens is 1. The van der Waals surface area contributed by atoms with E-state index in [1.54, 1.807) is 0 Å². The van der Waals surface area contributed by atoms with Crippen LogP contribution in [-0.2, 0) is 5.41 Å². The number of halogens is 1. The molecular formula is C15H20BrN3. The quantitative estimate of drug-likeness (QED) is 0.908. The summed E-state index contributed by atoms with van der Waals surface area (Å²) in [6, 6.07) is 10.3. The van der Waals surface area contributed by atoms with Crippen LogP contribution >= 0.6 is 15.9 Å². The number of rotatable bonds is 3. The van der Waals surface area contributed by atoms with Crippen LogP contribution < -0.4 is 5.73 Å². The second kappa shape index (κ2) is 5.47. The molecule has 3 nitrogen and oxygen atoms in total. The lowest BCUT2D eigenvalue weighted by Gasteiger charge is -2.16. The van der Waals surface area contributed by atoms with Gasteiger partial charge in [0.2, 0.25) is 0 Å². The molecule has 0 fully saturated rings. The van der Waals surface area contributed by atoms with E-state index in [1.807, 2.05) is 18.2 Å². The molecular weight excluding hydrogens is 302 g/mol. The Morgan fingerprint density at radius 1 is 1.32 bits per heavy atom. The summed E-state index contributed by atoms with van der Waals surface area (Å²) >= 11 is 3.59. The van der Waals surface area contributed by atoms with Crippen molar-refractivity contribution in [3.05, 3.63) is 51.8 Å². The Morgan fingerprint density at radius 3 is 2.53 bits per heavy atom.